The van der Waals surface area contributed by atoms with Gasteiger partial charge in [-0.15, -0.1) is 0 Å². The van der Waals surface area contributed by atoms with Gasteiger partial charge in [-0.1, -0.05) is 12.1 Å². The molecule has 0 unspecified atom stereocenters. The van der Waals surface area contributed by atoms with E-state index in [9.17, 15) is 34.8 Å². The number of aryl methyl sites for hydroxylation is 2. The van der Waals surface area contributed by atoms with Crippen LogP contribution in [0.25, 0.3) is 0 Å². The summed E-state index contributed by atoms with van der Waals surface area (Å²) >= 11 is 0. The van der Waals surface area contributed by atoms with E-state index in [4.69, 9.17) is 0 Å². The van der Waals surface area contributed by atoms with Crippen molar-refractivity contribution in [3.8, 4) is 5.75 Å². The van der Waals surface area contributed by atoms with Gasteiger partial charge in [0.2, 0.25) is 5.78 Å². The number of Topliss-reactive ketones (excluding diaryl/α,β-unsaturated/α-hetero) is 3. The van der Waals surface area contributed by atoms with Crippen LogP contribution in [0, 0.1) is 11.8 Å². The molecule has 4 N–H and O–H groups in total. The second-order valence-corrected chi connectivity index (χ2v) is 10.6. The molecular weight excluding hydrogens is 488 g/mol. The number of rotatable bonds is 5. The van der Waals surface area contributed by atoms with Gasteiger partial charge >= 0.3 is 0 Å². The molecule has 9 heteroatoms. The van der Waals surface area contributed by atoms with Crippen LogP contribution in [0.4, 0.5) is 0 Å². The number of benzene rings is 1. The maximum atomic E-state index is 13.8. The zero-order valence-electron chi connectivity index (χ0n) is 21.4. The Hall–Kier alpha value is -3.82. The van der Waals surface area contributed by atoms with Crippen molar-refractivity contribution in [2.75, 3.05) is 14.1 Å². The third-order valence-electron chi connectivity index (χ3n) is 8.19. The summed E-state index contributed by atoms with van der Waals surface area (Å²) in [6.45, 7) is 1.10. The van der Waals surface area contributed by atoms with Crippen molar-refractivity contribution in [1.29, 1.82) is 0 Å². The number of carbonyl (C=O) groups is 3. The Morgan fingerprint density at radius 2 is 1.84 bits per heavy atom. The highest BCUT2D eigenvalue weighted by Crippen LogP contribution is 2.52. The van der Waals surface area contributed by atoms with Gasteiger partial charge in [-0.05, 0) is 81.9 Å². The fourth-order valence-corrected chi connectivity index (χ4v) is 6.46. The maximum absolute atomic E-state index is 13.8. The summed E-state index contributed by atoms with van der Waals surface area (Å²) in [6.07, 6.45) is 3.29. The summed E-state index contributed by atoms with van der Waals surface area (Å²) in [4.78, 5) is 45.4. The highest BCUT2D eigenvalue weighted by atomic mass is 16.3. The van der Waals surface area contributed by atoms with Crippen LogP contribution in [0.1, 0.15) is 40.5 Å². The molecule has 3 aliphatic carbocycles. The Balaban J connectivity index is 1.62. The number of aliphatic hydroxyl groups is 3. The first-order chi connectivity index (χ1) is 18.0. The van der Waals surface area contributed by atoms with E-state index in [2.05, 4.69) is 4.98 Å². The first-order valence-electron chi connectivity index (χ1n) is 12.6. The number of phenolic OH excluding ortho intramolecular Hbond substituents is 1. The normalized spacial score (nSPS) is 26.8. The van der Waals surface area contributed by atoms with E-state index in [1.54, 1.807) is 31.3 Å². The summed E-state index contributed by atoms with van der Waals surface area (Å²) < 4.78 is 0. The van der Waals surface area contributed by atoms with Crippen molar-refractivity contribution in [3.63, 3.8) is 0 Å². The van der Waals surface area contributed by atoms with Crippen molar-refractivity contribution in [3.05, 3.63) is 81.6 Å². The predicted octanol–water partition coefficient (Wildman–Crippen LogP) is 2.40. The van der Waals surface area contributed by atoms with Crippen LogP contribution in [0.15, 0.2) is 59.2 Å². The average molecular weight is 519 g/mol. The molecule has 198 valence electrons. The molecule has 0 saturated carbocycles. The van der Waals surface area contributed by atoms with Crippen LogP contribution >= 0.6 is 0 Å². The lowest BCUT2D eigenvalue weighted by Gasteiger charge is -2.50. The molecule has 0 fully saturated rings. The number of ketones is 3. The van der Waals surface area contributed by atoms with Gasteiger partial charge in [0.25, 0.3) is 0 Å². The number of fused-ring (bicyclic) bond motifs is 3. The zero-order chi connectivity index (χ0) is 27.5. The lowest BCUT2D eigenvalue weighted by molar-refractivity contribution is -0.148. The van der Waals surface area contributed by atoms with E-state index in [0.717, 1.165) is 18.2 Å². The SMILES string of the molecule is CC(=O)C1=C(O)[C@@H](N(C)C)[C@@H]2C[C@@H]3Cc4c(CCc5ccccn5)ccc(O)c4C(=O)C3=C(O)[C@]2(O)C1=O. The van der Waals surface area contributed by atoms with Crippen molar-refractivity contribution in [2.45, 2.75) is 44.2 Å². The van der Waals surface area contributed by atoms with Crippen LogP contribution in [-0.4, -0.2) is 73.4 Å². The summed E-state index contributed by atoms with van der Waals surface area (Å²) in [7, 11) is 3.28. The summed E-state index contributed by atoms with van der Waals surface area (Å²) in [6, 6.07) is 7.91. The molecule has 0 spiro atoms. The molecule has 4 atom stereocenters. The van der Waals surface area contributed by atoms with Gasteiger partial charge in [-0.25, -0.2) is 0 Å². The maximum Gasteiger partial charge on any atom is 0.209 e. The number of aromatic hydroxyl groups is 1. The Labute approximate surface area is 219 Å². The van der Waals surface area contributed by atoms with E-state index >= 15 is 0 Å². The molecule has 1 aromatic carbocycles. The molecule has 9 nitrogen and oxygen atoms in total. The molecule has 0 radical (unpaired) electrons. The Morgan fingerprint density at radius 3 is 2.47 bits per heavy atom. The van der Waals surface area contributed by atoms with Gasteiger partial charge in [0.1, 0.15) is 22.8 Å². The molecule has 2 aromatic rings. The summed E-state index contributed by atoms with van der Waals surface area (Å²) in [5.74, 6) is -5.62. The molecule has 1 heterocycles. The Morgan fingerprint density at radius 1 is 1.11 bits per heavy atom. The minimum atomic E-state index is -2.56. The number of allylic oxidation sites excluding steroid dienone is 1. The second-order valence-electron chi connectivity index (χ2n) is 10.6. The van der Waals surface area contributed by atoms with Gasteiger partial charge in [0.15, 0.2) is 17.2 Å². The van der Waals surface area contributed by atoms with Gasteiger partial charge in [0.05, 0.1) is 11.6 Å². The minimum Gasteiger partial charge on any atom is -0.510 e. The van der Waals surface area contributed by atoms with Crippen molar-refractivity contribution in [2.24, 2.45) is 11.8 Å². The standard InChI is InChI=1S/C29H30N2O7/c1-14(32)21-26(35)24(31(2)3)19-13-16-12-18-15(7-9-17-6-4-5-11-30-17)8-10-20(33)23(18)25(34)22(16)28(37)29(19,38)27(21)36/h4-6,8,10-11,16,19,24,33,35,37-38H,7,9,12-13H2,1-3H3/t16-,19-,24-,29+/m0/s1. The van der Waals surface area contributed by atoms with Gasteiger partial charge in [-0.3, -0.25) is 24.3 Å². The number of pyridine rings is 1. The monoisotopic (exact) mass is 518 g/mol. The lowest BCUT2D eigenvalue weighted by Crippen LogP contribution is -2.63. The predicted molar refractivity (Wildman–Crippen MR) is 137 cm³/mol. The average Bonchev–Trinajstić information content (AvgIpc) is 2.86. The molecule has 0 aliphatic heterocycles. The molecule has 3 aliphatic rings. The molecule has 0 amide bonds. The van der Waals surface area contributed by atoms with Gasteiger partial charge in [-0.2, -0.15) is 0 Å². The first-order valence-corrected chi connectivity index (χ1v) is 12.6. The van der Waals surface area contributed by atoms with Crippen molar-refractivity contribution in [1.82, 2.24) is 9.88 Å². The minimum absolute atomic E-state index is 0.0426. The summed E-state index contributed by atoms with van der Waals surface area (Å²) in [5, 5.41) is 44.7. The van der Waals surface area contributed by atoms with Crippen LogP contribution in [0.2, 0.25) is 0 Å². The van der Waals surface area contributed by atoms with Crippen LogP contribution < -0.4 is 0 Å². The van der Waals surface area contributed by atoms with Crippen LogP contribution in [0.5, 0.6) is 5.75 Å². The molecule has 1 aromatic heterocycles. The molecule has 5 rings (SSSR count). The number of nitrogens with zero attached hydrogens (tertiary/aromatic N) is 2. The second kappa shape index (κ2) is 9.18. The van der Waals surface area contributed by atoms with Crippen molar-refractivity contribution < 1.29 is 34.8 Å². The van der Waals surface area contributed by atoms with E-state index in [1.807, 2.05) is 18.2 Å². The van der Waals surface area contributed by atoms with E-state index in [1.165, 1.54) is 6.07 Å². The number of hydrogen-bond donors (Lipinski definition) is 4. The smallest absolute Gasteiger partial charge is 0.209 e. The number of hydrogen-bond acceptors (Lipinski definition) is 9. The number of aliphatic hydroxyl groups excluding tert-OH is 2. The fraction of sp³-hybridized carbons (Fsp3) is 0.379. The van der Waals surface area contributed by atoms with E-state index in [0.29, 0.717) is 18.4 Å². The molecular formula is C29H30N2O7. The highest BCUT2D eigenvalue weighted by molar-refractivity contribution is 6.25. The molecule has 0 bridgehead atoms. The van der Waals surface area contributed by atoms with Gasteiger partial charge < -0.3 is 20.4 Å². The first kappa shape index (κ1) is 25.8. The quantitative estimate of drug-likeness (QED) is 0.438. The third kappa shape index (κ3) is 3.68. The topological polar surface area (TPSA) is 148 Å². The summed E-state index contributed by atoms with van der Waals surface area (Å²) in [5.41, 5.74) is -0.836. The van der Waals surface area contributed by atoms with Crippen LogP contribution in [-0.2, 0) is 28.9 Å². The number of likely N-dealkylation sites (N-methyl/N-ethyl adjacent to an activating group) is 1. The largest absolute Gasteiger partial charge is 0.510 e. The Bertz CT molecular complexity index is 1430. The lowest BCUT2D eigenvalue weighted by atomic mass is 9.58. The third-order valence-corrected chi connectivity index (χ3v) is 8.19. The van der Waals surface area contributed by atoms with E-state index in [-0.39, 0.29) is 29.7 Å². The Kier molecular flexibility index (Phi) is 6.24. The van der Waals surface area contributed by atoms with Crippen molar-refractivity contribution >= 4 is 17.3 Å². The number of phenols is 1. The zero-order valence-corrected chi connectivity index (χ0v) is 21.4. The van der Waals surface area contributed by atoms with E-state index < -0.39 is 57.9 Å². The van der Waals surface area contributed by atoms with Crippen LogP contribution in [0.3, 0.4) is 0 Å². The van der Waals surface area contributed by atoms with Gasteiger partial charge in [0, 0.05) is 23.4 Å². The highest BCUT2D eigenvalue weighted by Gasteiger charge is 2.63. The number of aromatic nitrogens is 1. The molecule has 0 saturated heterocycles. The molecule has 38 heavy (non-hydrogen) atoms. The number of carbonyl (C=O) groups excluding carboxylic acids is 3. The fourth-order valence-electron chi connectivity index (χ4n) is 6.46.